The fourth-order valence-corrected chi connectivity index (χ4v) is 4.21. The Balaban J connectivity index is 1.68. The number of fused-ring (bicyclic) bond motifs is 2. The normalized spacial score (nSPS) is 15.5. The molecule has 0 fully saturated rings. The SMILES string of the molecule is CCCCCN1C(=O)C(C)(C)c2cc3nc(/C=C/c4ccc(C)nc4C)[nH]c3cc21. The molecule has 1 aliphatic heterocycles. The number of unbranched alkanes of at least 4 members (excludes halogenated alkanes) is 2. The largest absolute Gasteiger partial charge is 0.338 e. The number of rotatable bonds is 6. The van der Waals surface area contributed by atoms with Crippen molar-refractivity contribution in [1.82, 2.24) is 15.0 Å². The summed E-state index contributed by atoms with van der Waals surface area (Å²) in [6.45, 7) is 11.0. The number of carbonyl (C=O) groups excluding carboxylic acids is 1. The summed E-state index contributed by atoms with van der Waals surface area (Å²) in [4.78, 5) is 27.7. The molecule has 5 heteroatoms. The minimum Gasteiger partial charge on any atom is -0.338 e. The molecule has 0 unspecified atom stereocenters. The number of aromatic amines is 1. The van der Waals surface area contributed by atoms with Crippen LogP contribution in [-0.4, -0.2) is 27.4 Å². The van der Waals surface area contributed by atoms with Crippen LogP contribution in [0.25, 0.3) is 23.2 Å². The molecule has 1 aromatic carbocycles. The lowest BCUT2D eigenvalue weighted by Crippen LogP contribution is -2.36. The Bertz CT molecular complexity index is 1140. The van der Waals surface area contributed by atoms with E-state index in [1.54, 1.807) is 0 Å². The Morgan fingerprint density at radius 3 is 2.63 bits per heavy atom. The Labute approximate surface area is 178 Å². The van der Waals surface area contributed by atoms with Gasteiger partial charge in [-0.1, -0.05) is 25.8 Å². The molecule has 0 aliphatic carbocycles. The number of H-pyrrole nitrogens is 1. The molecule has 30 heavy (non-hydrogen) atoms. The number of aromatic nitrogens is 3. The zero-order valence-corrected chi connectivity index (χ0v) is 18.5. The summed E-state index contributed by atoms with van der Waals surface area (Å²) in [5, 5.41) is 0. The highest BCUT2D eigenvalue weighted by atomic mass is 16.2. The van der Waals surface area contributed by atoms with Gasteiger partial charge in [-0.2, -0.15) is 0 Å². The number of anilines is 1. The van der Waals surface area contributed by atoms with E-state index in [4.69, 9.17) is 4.98 Å². The molecular formula is C25H30N4O. The predicted octanol–water partition coefficient (Wildman–Crippen LogP) is 5.56. The molecule has 0 saturated heterocycles. The summed E-state index contributed by atoms with van der Waals surface area (Å²) in [6.07, 6.45) is 7.33. The van der Waals surface area contributed by atoms with Crippen LogP contribution in [0.5, 0.6) is 0 Å². The monoisotopic (exact) mass is 402 g/mol. The van der Waals surface area contributed by atoms with Crippen molar-refractivity contribution in [2.45, 2.75) is 59.3 Å². The first-order valence-electron chi connectivity index (χ1n) is 10.8. The number of nitrogens with one attached hydrogen (secondary N) is 1. The first kappa shape index (κ1) is 20.3. The molecule has 0 bridgehead atoms. The van der Waals surface area contributed by atoms with Gasteiger partial charge in [-0.25, -0.2) is 4.98 Å². The van der Waals surface area contributed by atoms with Crippen LogP contribution in [0.15, 0.2) is 24.3 Å². The van der Waals surface area contributed by atoms with Crippen molar-refractivity contribution in [3.8, 4) is 0 Å². The highest BCUT2D eigenvalue weighted by Crippen LogP contribution is 2.43. The third-order valence-corrected chi connectivity index (χ3v) is 6.03. The van der Waals surface area contributed by atoms with Gasteiger partial charge in [0.15, 0.2) is 0 Å². The molecule has 1 amide bonds. The topological polar surface area (TPSA) is 61.9 Å². The van der Waals surface area contributed by atoms with Gasteiger partial charge >= 0.3 is 0 Å². The highest BCUT2D eigenvalue weighted by molar-refractivity contribution is 6.09. The van der Waals surface area contributed by atoms with Crippen molar-refractivity contribution in [1.29, 1.82) is 0 Å². The third-order valence-electron chi connectivity index (χ3n) is 6.03. The second-order valence-electron chi connectivity index (χ2n) is 8.76. The lowest BCUT2D eigenvalue weighted by atomic mass is 9.86. The van der Waals surface area contributed by atoms with Crippen LogP contribution < -0.4 is 4.90 Å². The zero-order chi connectivity index (χ0) is 21.5. The quantitative estimate of drug-likeness (QED) is 0.549. The van der Waals surface area contributed by atoms with Crippen molar-refractivity contribution in [3.05, 3.63) is 52.6 Å². The van der Waals surface area contributed by atoms with E-state index in [0.717, 1.165) is 70.9 Å². The molecule has 0 atom stereocenters. The molecule has 0 spiro atoms. The second-order valence-corrected chi connectivity index (χ2v) is 8.76. The number of aryl methyl sites for hydroxylation is 2. The molecule has 0 radical (unpaired) electrons. The molecule has 5 nitrogen and oxygen atoms in total. The highest BCUT2D eigenvalue weighted by Gasteiger charge is 2.43. The van der Waals surface area contributed by atoms with E-state index in [1.807, 2.05) is 50.8 Å². The van der Waals surface area contributed by atoms with Gasteiger partial charge in [0.25, 0.3) is 0 Å². The number of hydrogen-bond acceptors (Lipinski definition) is 3. The number of amides is 1. The molecule has 1 N–H and O–H groups in total. The van der Waals surface area contributed by atoms with Gasteiger partial charge < -0.3 is 9.88 Å². The smallest absolute Gasteiger partial charge is 0.237 e. The van der Waals surface area contributed by atoms with Crippen molar-refractivity contribution in [2.24, 2.45) is 0 Å². The van der Waals surface area contributed by atoms with Crippen molar-refractivity contribution >= 4 is 34.8 Å². The molecule has 0 saturated carbocycles. The fraction of sp³-hybridized carbons (Fsp3) is 0.400. The zero-order valence-electron chi connectivity index (χ0n) is 18.5. The summed E-state index contributed by atoms with van der Waals surface area (Å²) in [5.41, 5.74) is 6.52. The standard InChI is InChI=1S/C25H30N4O/c1-6-7-8-13-29-22-15-21-20(14-19(22)25(4,5)24(29)30)27-23(28-21)12-11-18-10-9-16(2)26-17(18)3/h9-12,14-15H,6-8,13H2,1-5H3,(H,27,28)/b12-11+. The Morgan fingerprint density at radius 2 is 1.90 bits per heavy atom. The maximum Gasteiger partial charge on any atom is 0.237 e. The summed E-state index contributed by atoms with van der Waals surface area (Å²) in [6, 6.07) is 8.26. The minimum absolute atomic E-state index is 0.184. The van der Waals surface area contributed by atoms with Crippen LogP contribution in [0.3, 0.4) is 0 Å². The summed E-state index contributed by atoms with van der Waals surface area (Å²) < 4.78 is 0. The maximum atomic E-state index is 13.0. The predicted molar refractivity (Wildman–Crippen MR) is 124 cm³/mol. The lowest BCUT2D eigenvalue weighted by Gasteiger charge is -2.20. The molecular weight excluding hydrogens is 372 g/mol. The molecule has 2 aromatic heterocycles. The molecule has 3 aromatic rings. The van der Waals surface area contributed by atoms with Crippen molar-refractivity contribution < 1.29 is 4.79 Å². The van der Waals surface area contributed by atoms with Crippen LogP contribution in [0.1, 0.15) is 68.4 Å². The van der Waals surface area contributed by atoms with Gasteiger partial charge in [0.05, 0.1) is 22.1 Å². The summed E-state index contributed by atoms with van der Waals surface area (Å²) in [5.74, 6) is 0.985. The molecule has 156 valence electrons. The number of nitrogens with zero attached hydrogens (tertiary/aromatic N) is 3. The minimum atomic E-state index is -0.518. The van der Waals surface area contributed by atoms with Crippen LogP contribution >= 0.6 is 0 Å². The van der Waals surface area contributed by atoms with E-state index in [9.17, 15) is 4.79 Å². The van der Waals surface area contributed by atoms with Crippen LogP contribution in [0.2, 0.25) is 0 Å². The number of pyridine rings is 1. The van der Waals surface area contributed by atoms with Gasteiger partial charge in [0.2, 0.25) is 5.91 Å². The number of benzene rings is 1. The second kappa shape index (κ2) is 7.71. The average Bonchev–Trinajstić information content (AvgIpc) is 3.18. The van der Waals surface area contributed by atoms with Crippen LogP contribution in [-0.2, 0) is 10.2 Å². The Hall–Kier alpha value is -2.95. The van der Waals surface area contributed by atoms with Crippen LogP contribution in [0.4, 0.5) is 5.69 Å². The molecule has 3 heterocycles. The van der Waals surface area contributed by atoms with Gasteiger partial charge in [-0.3, -0.25) is 9.78 Å². The van der Waals surface area contributed by atoms with E-state index in [2.05, 4.69) is 35.1 Å². The Kier molecular flexibility index (Phi) is 5.22. The number of imidazole rings is 1. The summed E-state index contributed by atoms with van der Waals surface area (Å²) >= 11 is 0. The van der Waals surface area contributed by atoms with Crippen LogP contribution in [0, 0.1) is 13.8 Å². The molecule has 4 rings (SSSR count). The van der Waals surface area contributed by atoms with Crippen molar-refractivity contribution in [3.63, 3.8) is 0 Å². The van der Waals surface area contributed by atoms with Gasteiger partial charge in [-0.05, 0) is 75.6 Å². The van der Waals surface area contributed by atoms with Gasteiger partial charge in [0, 0.05) is 17.9 Å². The summed E-state index contributed by atoms with van der Waals surface area (Å²) in [7, 11) is 0. The Morgan fingerprint density at radius 1 is 1.10 bits per heavy atom. The number of carbonyl (C=O) groups is 1. The lowest BCUT2D eigenvalue weighted by molar-refractivity contribution is -0.122. The van der Waals surface area contributed by atoms with Crippen molar-refractivity contribution in [2.75, 3.05) is 11.4 Å². The van der Waals surface area contributed by atoms with E-state index < -0.39 is 5.41 Å². The van der Waals surface area contributed by atoms with E-state index in [0.29, 0.717) is 0 Å². The maximum absolute atomic E-state index is 13.0. The molecule has 1 aliphatic rings. The van der Waals surface area contributed by atoms with E-state index in [-0.39, 0.29) is 5.91 Å². The average molecular weight is 403 g/mol. The third kappa shape index (κ3) is 3.53. The van der Waals surface area contributed by atoms with E-state index in [1.165, 1.54) is 0 Å². The van der Waals surface area contributed by atoms with Gasteiger partial charge in [-0.15, -0.1) is 0 Å². The fourth-order valence-electron chi connectivity index (χ4n) is 4.21. The first-order chi connectivity index (χ1) is 14.3. The van der Waals surface area contributed by atoms with Gasteiger partial charge in [0.1, 0.15) is 5.82 Å². The van der Waals surface area contributed by atoms with E-state index >= 15 is 0 Å². The number of hydrogen-bond donors (Lipinski definition) is 1. The first-order valence-corrected chi connectivity index (χ1v) is 10.8.